The number of ether oxygens (including phenoxy) is 1. The second kappa shape index (κ2) is 12.4. The van der Waals surface area contributed by atoms with E-state index in [0.29, 0.717) is 0 Å². The lowest BCUT2D eigenvalue weighted by molar-refractivity contribution is -0.159. The van der Waals surface area contributed by atoms with Crippen molar-refractivity contribution in [3.63, 3.8) is 0 Å². The number of benzene rings is 1. The van der Waals surface area contributed by atoms with Crippen molar-refractivity contribution >= 4 is 11.9 Å². The predicted octanol–water partition coefficient (Wildman–Crippen LogP) is 3.08. The molecule has 0 amide bonds. The van der Waals surface area contributed by atoms with Crippen LogP contribution in [0, 0.1) is 0 Å². The molecule has 7 nitrogen and oxygen atoms in total. The summed E-state index contributed by atoms with van der Waals surface area (Å²) in [7, 11) is 0. The van der Waals surface area contributed by atoms with Gasteiger partial charge in [0.2, 0.25) is 0 Å². The van der Waals surface area contributed by atoms with E-state index in [9.17, 15) is 0 Å². The molecule has 7 heteroatoms. The van der Waals surface area contributed by atoms with Gasteiger partial charge in [0.1, 0.15) is 5.75 Å². The molecule has 2 fully saturated rings. The number of aliphatic carboxylic acids is 2. The maximum Gasteiger partial charge on any atom is 0.414 e. The minimum atomic E-state index is -1.82. The van der Waals surface area contributed by atoms with Crippen LogP contribution in [0.1, 0.15) is 51.0 Å². The molecule has 0 radical (unpaired) electrons. The fraction of sp³-hybridized carbons (Fsp3) is 0.636. The number of carboxylic acid groups (broad SMARTS) is 2. The number of hydrogen-bond acceptors (Lipinski definition) is 5. The average molecular weight is 407 g/mol. The number of piperazine rings is 1. The third-order valence-electron chi connectivity index (χ3n) is 5.57. The maximum atomic E-state index is 9.10. The zero-order valence-electron chi connectivity index (χ0n) is 17.4. The van der Waals surface area contributed by atoms with Gasteiger partial charge in [0, 0.05) is 38.8 Å². The van der Waals surface area contributed by atoms with Crippen LogP contribution in [0.2, 0.25) is 0 Å². The minimum absolute atomic E-state index is 0.739. The second-order valence-electron chi connectivity index (χ2n) is 7.64. The van der Waals surface area contributed by atoms with Crippen LogP contribution in [-0.2, 0) is 16.1 Å². The first-order valence-electron chi connectivity index (χ1n) is 10.6. The molecule has 1 aromatic rings. The lowest BCUT2D eigenvalue weighted by Gasteiger charge is -2.39. The van der Waals surface area contributed by atoms with Gasteiger partial charge in [0.15, 0.2) is 0 Å². The van der Waals surface area contributed by atoms with Gasteiger partial charge in [-0.2, -0.15) is 0 Å². The third-order valence-corrected chi connectivity index (χ3v) is 5.57. The van der Waals surface area contributed by atoms with Gasteiger partial charge in [-0.05, 0) is 37.5 Å². The molecule has 3 rings (SSSR count). The quantitative estimate of drug-likeness (QED) is 0.574. The summed E-state index contributed by atoms with van der Waals surface area (Å²) in [5.41, 5.74) is 1.40. The summed E-state index contributed by atoms with van der Waals surface area (Å²) < 4.78 is 5.52. The number of rotatable bonds is 5. The van der Waals surface area contributed by atoms with Crippen molar-refractivity contribution in [1.29, 1.82) is 0 Å². The Morgan fingerprint density at radius 2 is 1.48 bits per heavy atom. The van der Waals surface area contributed by atoms with Crippen molar-refractivity contribution in [2.75, 3.05) is 32.8 Å². The van der Waals surface area contributed by atoms with Crippen molar-refractivity contribution in [2.45, 2.75) is 58.0 Å². The number of carbonyl (C=O) groups is 2. The van der Waals surface area contributed by atoms with Crippen LogP contribution in [0.4, 0.5) is 0 Å². The maximum absolute atomic E-state index is 9.10. The Morgan fingerprint density at radius 1 is 0.931 bits per heavy atom. The van der Waals surface area contributed by atoms with E-state index < -0.39 is 11.9 Å². The predicted molar refractivity (Wildman–Crippen MR) is 111 cm³/mol. The Bertz CT molecular complexity index is 607. The molecule has 2 aliphatic rings. The summed E-state index contributed by atoms with van der Waals surface area (Å²) in [6, 6.07) is 9.48. The molecule has 0 bridgehead atoms. The van der Waals surface area contributed by atoms with Crippen LogP contribution < -0.4 is 4.74 Å². The third kappa shape index (κ3) is 8.41. The van der Waals surface area contributed by atoms with Gasteiger partial charge in [-0.3, -0.25) is 9.80 Å². The molecule has 2 N–H and O–H groups in total. The van der Waals surface area contributed by atoms with Crippen LogP contribution in [0.25, 0.3) is 0 Å². The Balaban J connectivity index is 0.000000438. The van der Waals surface area contributed by atoms with Crippen molar-refractivity contribution in [1.82, 2.24) is 9.80 Å². The highest BCUT2D eigenvalue weighted by atomic mass is 16.5. The van der Waals surface area contributed by atoms with E-state index in [1.807, 2.05) is 6.92 Å². The van der Waals surface area contributed by atoms with Crippen molar-refractivity contribution in [3.05, 3.63) is 29.8 Å². The van der Waals surface area contributed by atoms with E-state index in [1.165, 1.54) is 70.3 Å². The van der Waals surface area contributed by atoms with Crippen LogP contribution in [0.15, 0.2) is 24.3 Å². The summed E-state index contributed by atoms with van der Waals surface area (Å²) >= 11 is 0. The molecular weight excluding hydrogens is 372 g/mol. The molecular formula is C22H34N2O5. The summed E-state index contributed by atoms with van der Waals surface area (Å²) in [4.78, 5) is 23.6. The van der Waals surface area contributed by atoms with Gasteiger partial charge in [-0.1, -0.05) is 37.8 Å². The summed E-state index contributed by atoms with van der Waals surface area (Å²) in [6.45, 7) is 8.77. The van der Waals surface area contributed by atoms with Crippen molar-refractivity contribution in [2.24, 2.45) is 0 Å². The molecule has 1 saturated heterocycles. The fourth-order valence-corrected chi connectivity index (χ4v) is 4.03. The Labute approximate surface area is 173 Å². The highest BCUT2D eigenvalue weighted by Crippen LogP contribution is 2.23. The molecule has 29 heavy (non-hydrogen) atoms. The summed E-state index contributed by atoms with van der Waals surface area (Å²) in [5, 5.41) is 14.8. The van der Waals surface area contributed by atoms with Crippen molar-refractivity contribution < 1.29 is 24.5 Å². The van der Waals surface area contributed by atoms with E-state index in [2.05, 4.69) is 34.1 Å². The van der Waals surface area contributed by atoms with Gasteiger partial charge >= 0.3 is 11.9 Å². The van der Waals surface area contributed by atoms with Gasteiger partial charge in [-0.25, -0.2) is 9.59 Å². The molecule has 1 heterocycles. The first-order valence-corrected chi connectivity index (χ1v) is 10.6. The van der Waals surface area contributed by atoms with Gasteiger partial charge in [-0.15, -0.1) is 0 Å². The van der Waals surface area contributed by atoms with Crippen LogP contribution in [0.5, 0.6) is 5.75 Å². The lowest BCUT2D eigenvalue weighted by Crippen LogP contribution is -2.49. The lowest BCUT2D eigenvalue weighted by atomic mass is 10.1. The first-order chi connectivity index (χ1) is 14.0. The molecule has 1 saturated carbocycles. The van der Waals surface area contributed by atoms with E-state index in [1.54, 1.807) is 0 Å². The molecule has 0 unspecified atom stereocenters. The highest BCUT2D eigenvalue weighted by Gasteiger charge is 2.24. The smallest absolute Gasteiger partial charge is 0.414 e. The highest BCUT2D eigenvalue weighted by molar-refractivity contribution is 6.27. The zero-order valence-corrected chi connectivity index (χ0v) is 17.4. The van der Waals surface area contributed by atoms with Crippen molar-refractivity contribution in [3.8, 4) is 5.75 Å². The van der Waals surface area contributed by atoms with E-state index in [4.69, 9.17) is 24.5 Å². The molecule has 1 aromatic carbocycles. The van der Waals surface area contributed by atoms with Gasteiger partial charge in [0.25, 0.3) is 0 Å². The SMILES string of the molecule is CCOc1ccc(CN2CCN(C3CCCCCC3)CC2)cc1.O=C(O)C(=O)O. The zero-order chi connectivity index (χ0) is 21.1. The number of carboxylic acids is 2. The average Bonchev–Trinajstić information content (AvgIpc) is 3.00. The summed E-state index contributed by atoms with van der Waals surface area (Å²) in [5.74, 6) is -2.67. The molecule has 0 aromatic heterocycles. The monoisotopic (exact) mass is 406 g/mol. The van der Waals surface area contributed by atoms with E-state index in [-0.39, 0.29) is 0 Å². The molecule has 0 spiro atoms. The fourth-order valence-electron chi connectivity index (χ4n) is 4.03. The number of hydrogen-bond donors (Lipinski definition) is 2. The molecule has 0 atom stereocenters. The molecule has 1 aliphatic heterocycles. The standard InChI is InChI=1S/C20H32N2O.C2H2O4/c1-2-23-20-11-9-18(10-12-20)17-21-13-15-22(16-14-21)19-7-5-3-4-6-8-19;3-1(4)2(5)6/h9-12,19H,2-8,13-17H2,1H3;(H,3,4)(H,5,6). The number of nitrogens with zero attached hydrogens (tertiary/aromatic N) is 2. The van der Waals surface area contributed by atoms with Gasteiger partial charge < -0.3 is 14.9 Å². The Kier molecular flexibility index (Phi) is 9.94. The van der Waals surface area contributed by atoms with E-state index >= 15 is 0 Å². The Hall–Kier alpha value is -2.12. The second-order valence-corrected chi connectivity index (χ2v) is 7.64. The van der Waals surface area contributed by atoms with Crippen LogP contribution in [0.3, 0.4) is 0 Å². The largest absolute Gasteiger partial charge is 0.494 e. The minimum Gasteiger partial charge on any atom is -0.494 e. The van der Waals surface area contributed by atoms with Crippen LogP contribution >= 0.6 is 0 Å². The normalized spacial score (nSPS) is 18.9. The summed E-state index contributed by atoms with van der Waals surface area (Å²) in [6.07, 6.45) is 8.65. The molecule has 1 aliphatic carbocycles. The van der Waals surface area contributed by atoms with Gasteiger partial charge in [0.05, 0.1) is 6.61 Å². The van der Waals surface area contributed by atoms with E-state index in [0.717, 1.165) is 24.9 Å². The first kappa shape index (κ1) is 23.2. The Morgan fingerprint density at radius 3 is 1.97 bits per heavy atom. The van der Waals surface area contributed by atoms with Crippen LogP contribution in [-0.4, -0.2) is 70.8 Å². The topological polar surface area (TPSA) is 90.3 Å². The molecule has 162 valence electrons.